The minimum absolute atomic E-state index is 0. The van der Waals surface area contributed by atoms with Crippen molar-refractivity contribution in [3.63, 3.8) is 0 Å². The number of hydrogen-bond acceptors (Lipinski definition) is 2. The predicted molar refractivity (Wildman–Crippen MR) is 29.4 cm³/mol. The van der Waals surface area contributed by atoms with Crippen LogP contribution >= 0.6 is 47.1 Å². The van der Waals surface area contributed by atoms with E-state index in [-0.39, 0.29) is 21.1 Å². The van der Waals surface area contributed by atoms with E-state index >= 15 is 0 Å². The molecule has 0 saturated heterocycles. The molecule has 2 nitrogen and oxygen atoms in total. The van der Waals surface area contributed by atoms with Gasteiger partial charge >= 0.3 is 21.1 Å². The fraction of sp³-hybridized carbons (Fsp3) is 0. The molecular weight excluding hydrogens is 365 g/mol. The Hall–Kier alpha value is 1.77. The normalized spacial score (nSPS) is 6.00. The quantitative estimate of drug-likeness (QED) is 0.663. The molecular formula is H2Cl4N2Pt+4. The Labute approximate surface area is 76.5 Å². The minimum Gasteiger partial charge on any atom is -0.247 e. The molecule has 0 saturated carbocycles. The standard InChI is InChI=1S/Cl3N.ClH2N.Pt/c1-4(2)3;1-2;/h;2H2;/q;;+4. The van der Waals surface area contributed by atoms with Gasteiger partial charge in [-0.3, -0.25) is 0 Å². The molecule has 0 radical (unpaired) electrons. The van der Waals surface area contributed by atoms with E-state index in [1.165, 1.54) is 0 Å². The van der Waals surface area contributed by atoms with Crippen LogP contribution in [0.1, 0.15) is 0 Å². The van der Waals surface area contributed by atoms with E-state index in [9.17, 15) is 0 Å². The van der Waals surface area contributed by atoms with E-state index < -0.39 is 0 Å². The van der Waals surface area contributed by atoms with Gasteiger partial charge in [0.25, 0.3) is 0 Å². The summed E-state index contributed by atoms with van der Waals surface area (Å²) in [4.78, 5) is 0. The molecule has 0 aromatic rings. The number of nitrogens with two attached hydrogens (primary N) is 1. The third-order valence-electron chi connectivity index (χ3n) is 0. The monoisotopic (exact) mass is 365 g/mol. The van der Waals surface area contributed by atoms with E-state index in [1.807, 2.05) is 0 Å². The first-order chi connectivity index (χ1) is 2.73. The average Bonchev–Trinajstić information content (AvgIpc) is 1.41. The Kier molecular flexibility index (Phi) is 35.6. The maximum Gasteiger partial charge on any atom is 4.00 e. The smallest absolute Gasteiger partial charge is 0.247 e. The second-order valence-corrected chi connectivity index (χ2v) is 1.72. The predicted octanol–water partition coefficient (Wildman–Crippen LogP) is 1.85. The molecule has 0 aliphatic carbocycles. The molecule has 0 atom stereocenters. The maximum absolute atomic E-state index is 4.64. The zero-order chi connectivity index (χ0) is 5.58. The van der Waals surface area contributed by atoms with Crippen molar-refractivity contribution < 1.29 is 21.1 Å². The van der Waals surface area contributed by atoms with Crippen LogP contribution in [0.4, 0.5) is 0 Å². The molecule has 0 spiro atoms. The Morgan fingerprint density at radius 2 is 1.00 bits per heavy atom. The Bertz CT molecular complexity index is 14.4. The molecule has 7 heavy (non-hydrogen) atoms. The van der Waals surface area contributed by atoms with Crippen molar-refractivity contribution in [1.29, 1.82) is 0 Å². The summed E-state index contributed by atoms with van der Waals surface area (Å²) in [6.45, 7) is 0. The second kappa shape index (κ2) is 15.7. The van der Waals surface area contributed by atoms with Gasteiger partial charge in [0.05, 0.1) is 0 Å². The van der Waals surface area contributed by atoms with Crippen LogP contribution in [0, 0.1) is 0 Å². The molecule has 0 aliphatic rings. The van der Waals surface area contributed by atoms with Gasteiger partial charge in [0.15, 0.2) is 0 Å². The van der Waals surface area contributed by atoms with Crippen molar-refractivity contribution >= 4 is 47.1 Å². The van der Waals surface area contributed by atoms with E-state index in [0.717, 1.165) is 0 Å². The van der Waals surface area contributed by atoms with Crippen LogP contribution < -0.4 is 5.25 Å². The van der Waals surface area contributed by atoms with Crippen LogP contribution in [0.2, 0.25) is 0 Å². The summed E-state index contributed by atoms with van der Waals surface area (Å²) in [6, 6.07) is 0. The molecule has 2 N–H and O–H groups in total. The van der Waals surface area contributed by atoms with Gasteiger partial charge < -0.3 is 0 Å². The summed E-state index contributed by atoms with van der Waals surface area (Å²) in [5, 5.41) is 3.97. The van der Waals surface area contributed by atoms with Gasteiger partial charge in [-0.05, 0) is 15.2 Å². The van der Waals surface area contributed by atoms with Gasteiger partial charge in [-0.1, -0.05) is 0 Å². The van der Waals surface area contributed by atoms with Gasteiger partial charge in [0.1, 0.15) is 0 Å². The minimum atomic E-state index is 0. The number of nitrogens with zero attached hydrogens (tertiary/aromatic N) is 1. The van der Waals surface area contributed by atoms with Crippen LogP contribution in [0.25, 0.3) is 0 Å². The number of rotatable bonds is 0. The molecule has 0 heterocycles. The molecule has 7 heteroatoms. The molecule has 0 rings (SSSR count). The van der Waals surface area contributed by atoms with Gasteiger partial charge in [-0.2, -0.15) is 0 Å². The Morgan fingerprint density at radius 3 is 1.00 bits per heavy atom. The third kappa shape index (κ3) is 82.7. The number of halogens is 4. The first-order valence-corrected chi connectivity index (χ1v) is 2.18. The molecule has 0 aromatic heterocycles. The molecule has 0 fully saturated rings. The summed E-state index contributed by atoms with van der Waals surface area (Å²) in [6.07, 6.45) is 0. The average molecular weight is 367 g/mol. The van der Waals surface area contributed by atoms with E-state index in [2.05, 4.69) is 52.4 Å². The molecule has 0 aromatic carbocycles. The van der Waals surface area contributed by atoms with Gasteiger partial charge in [0.2, 0.25) is 0 Å². The fourth-order valence-corrected chi connectivity index (χ4v) is 0. The van der Waals surface area contributed by atoms with Crippen molar-refractivity contribution in [2.75, 3.05) is 0 Å². The van der Waals surface area contributed by atoms with E-state index in [1.54, 1.807) is 0 Å². The molecule has 0 unspecified atom stereocenters. The Morgan fingerprint density at radius 1 is 1.00 bits per heavy atom. The SMILES string of the molecule is ClN(Cl)Cl.NCl.[Pt+4]. The van der Waals surface area contributed by atoms with Crippen LogP contribution in [-0.2, 0) is 21.1 Å². The summed E-state index contributed by atoms with van der Waals surface area (Å²) in [5.74, 6) is 0. The van der Waals surface area contributed by atoms with Crippen molar-refractivity contribution in [2.24, 2.45) is 5.25 Å². The van der Waals surface area contributed by atoms with Gasteiger partial charge in [-0.25, -0.2) is 5.25 Å². The van der Waals surface area contributed by atoms with Crippen LogP contribution in [0.5, 0.6) is 0 Å². The fourth-order valence-electron chi connectivity index (χ4n) is 0. The van der Waals surface area contributed by atoms with E-state index in [4.69, 9.17) is 0 Å². The summed E-state index contributed by atoms with van der Waals surface area (Å²) < 4.78 is 0.417. The summed E-state index contributed by atoms with van der Waals surface area (Å²) in [5.41, 5.74) is 0. The van der Waals surface area contributed by atoms with Crippen LogP contribution in [0.15, 0.2) is 0 Å². The van der Waals surface area contributed by atoms with Crippen molar-refractivity contribution in [2.45, 2.75) is 0 Å². The molecule has 0 aliphatic heterocycles. The second-order valence-electron chi connectivity index (χ2n) is 0.192. The van der Waals surface area contributed by atoms with Crippen LogP contribution in [-0.4, -0.2) is 3.46 Å². The zero-order valence-corrected chi connectivity index (χ0v) is 8.15. The van der Waals surface area contributed by atoms with E-state index in [0.29, 0.717) is 3.46 Å². The first-order valence-electron chi connectivity index (χ1n) is 0.725. The largest absolute Gasteiger partial charge is 4.00 e. The first kappa shape index (κ1) is 15.9. The van der Waals surface area contributed by atoms with Crippen molar-refractivity contribution in [1.82, 2.24) is 3.46 Å². The third-order valence-corrected chi connectivity index (χ3v) is 0. The van der Waals surface area contributed by atoms with Gasteiger partial charge in [0, 0.05) is 35.3 Å². The maximum atomic E-state index is 4.64. The van der Waals surface area contributed by atoms with Crippen molar-refractivity contribution in [3.05, 3.63) is 0 Å². The number of hydrogen-bond donors (Lipinski definition) is 1. The molecule has 46 valence electrons. The Balaban J connectivity index is -0.0000000480. The molecule has 0 amide bonds. The van der Waals surface area contributed by atoms with Gasteiger partial charge in [-0.15, -0.1) is 0 Å². The zero-order valence-electron chi connectivity index (χ0n) is 2.85. The van der Waals surface area contributed by atoms with Crippen LogP contribution in [0.3, 0.4) is 0 Å². The van der Waals surface area contributed by atoms with Crippen molar-refractivity contribution in [3.8, 4) is 0 Å². The molecule has 0 bridgehead atoms. The summed E-state index contributed by atoms with van der Waals surface area (Å²) >= 11 is 18.1. The topological polar surface area (TPSA) is 29.3 Å². The summed E-state index contributed by atoms with van der Waals surface area (Å²) in [7, 11) is 0.